The molecule has 1 amide bonds. The maximum Gasteiger partial charge on any atom is 0.227 e. The molecule has 0 saturated carbocycles. The summed E-state index contributed by atoms with van der Waals surface area (Å²) in [6.45, 7) is 2.60. The Balaban J connectivity index is 1.58. The van der Waals surface area contributed by atoms with Gasteiger partial charge >= 0.3 is 0 Å². The summed E-state index contributed by atoms with van der Waals surface area (Å²) in [7, 11) is 4.03. The van der Waals surface area contributed by atoms with Crippen molar-refractivity contribution in [3.63, 3.8) is 0 Å². The molecule has 0 saturated heterocycles. The van der Waals surface area contributed by atoms with E-state index in [0.717, 1.165) is 11.3 Å². The Morgan fingerprint density at radius 1 is 1.11 bits per heavy atom. The van der Waals surface area contributed by atoms with Crippen LogP contribution in [-0.2, 0) is 11.2 Å². The molecule has 0 fully saturated rings. The monoisotopic (exact) mass is 363 g/mol. The summed E-state index contributed by atoms with van der Waals surface area (Å²) in [6, 6.07) is 20.1. The minimum absolute atomic E-state index is 0.0790. The van der Waals surface area contributed by atoms with Gasteiger partial charge in [0.1, 0.15) is 11.5 Å². The fraction of sp³-hybridized carbons (Fsp3) is 0.273. The largest absolute Gasteiger partial charge is 0.360 e. The minimum Gasteiger partial charge on any atom is -0.360 e. The lowest BCUT2D eigenvalue weighted by molar-refractivity contribution is -0.120. The quantitative estimate of drug-likeness (QED) is 0.697. The molecule has 1 atom stereocenters. The molecule has 0 aliphatic heterocycles. The van der Waals surface area contributed by atoms with Crippen molar-refractivity contribution < 1.29 is 9.32 Å². The number of nitrogens with one attached hydrogen (secondary N) is 1. The van der Waals surface area contributed by atoms with Crippen molar-refractivity contribution in [3.05, 3.63) is 77.6 Å². The van der Waals surface area contributed by atoms with Crippen molar-refractivity contribution in [1.82, 2.24) is 15.4 Å². The summed E-state index contributed by atoms with van der Waals surface area (Å²) in [5, 5.41) is 7.06. The molecule has 0 spiro atoms. The first-order chi connectivity index (χ1) is 13.0. The van der Waals surface area contributed by atoms with E-state index in [4.69, 9.17) is 4.52 Å². The third kappa shape index (κ3) is 5.05. The van der Waals surface area contributed by atoms with Crippen molar-refractivity contribution in [2.45, 2.75) is 19.4 Å². The van der Waals surface area contributed by atoms with Crippen LogP contribution in [0.25, 0.3) is 11.3 Å². The highest BCUT2D eigenvalue weighted by Gasteiger charge is 2.16. The van der Waals surface area contributed by atoms with Crippen LogP contribution in [0.15, 0.2) is 65.2 Å². The molecule has 27 heavy (non-hydrogen) atoms. The maximum absolute atomic E-state index is 12.4. The van der Waals surface area contributed by atoms with Gasteiger partial charge in [-0.25, -0.2) is 0 Å². The van der Waals surface area contributed by atoms with Crippen LogP contribution >= 0.6 is 0 Å². The number of nitrogens with zero attached hydrogens (tertiary/aromatic N) is 2. The SMILES string of the molecule is Cc1ccc(C(CNC(=O)Cc2cc(-c3ccccc3)no2)N(C)C)cc1. The number of hydrogen-bond donors (Lipinski definition) is 1. The van der Waals surface area contributed by atoms with Crippen LogP contribution in [-0.4, -0.2) is 36.6 Å². The van der Waals surface area contributed by atoms with Gasteiger partial charge in [-0.15, -0.1) is 0 Å². The molecule has 140 valence electrons. The van der Waals surface area contributed by atoms with Crippen LogP contribution in [0.1, 0.15) is 22.9 Å². The van der Waals surface area contributed by atoms with E-state index in [9.17, 15) is 4.79 Å². The Labute approximate surface area is 160 Å². The Morgan fingerprint density at radius 3 is 2.48 bits per heavy atom. The number of benzene rings is 2. The second kappa shape index (κ2) is 8.64. The number of hydrogen-bond acceptors (Lipinski definition) is 4. The van der Waals surface area contributed by atoms with E-state index >= 15 is 0 Å². The second-order valence-corrected chi connectivity index (χ2v) is 6.92. The summed E-state index contributed by atoms with van der Waals surface area (Å²) in [5.41, 5.74) is 4.11. The fourth-order valence-corrected chi connectivity index (χ4v) is 2.96. The zero-order valence-corrected chi connectivity index (χ0v) is 16.0. The van der Waals surface area contributed by atoms with Crippen LogP contribution in [0.5, 0.6) is 0 Å². The maximum atomic E-state index is 12.4. The van der Waals surface area contributed by atoms with Gasteiger partial charge in [0, 0.05) is 18.2 Å². The summed E-state index contributed by atoms with van der Waals surface area (Å²) in [5.74, 6) is 0.479. The first-order valence-corrected chi connectivity index (χ1v) is 9.03. The van der Waals surface area contributed by atoms with Gasteiger partial charge in [-0.2, -0.15) is 0 Å². The minimum atomic E-state index is -0.0790. The summed E-state index contributed by atoms with van der Waals surface area (Å²) in [6.07, 6.45) is 0.174. The van der Waals surface area contributed by atoms with Crippen molar-refractivity contribution in [2.75, 3.05) is 20.6 Å². The first-order valence-electron chi connectivity index (χ1n) is 9.03. The highest BCUT2D eigenvalue weighted by atomic mass is 16.5. The molecule has 2 aromatic carbocycles. The number of aromatic nitrogens is 1. The lowest BCUT2D eigenvalue weighted by Crippen LogP contribution is -2.35. The van der Waals surface area contributed by atoms with Gasteiger partial charge in [0.2, 0.25) is 5.91 Å². The molecule has 5 nitrogen and oxygen atoms in total. The van der Waals surface area contributed by atoms with E-state index in [1.54, 1.807) is 0 Å². The van der Waals surface area contributed by atoms with E-state index in [1.807, 2.05) is 50.5 Å². The van der Waals surface area contributed by atoms with E-state index in [2.05, 4.69) is 46.6 Å². The Hall–Kier alpha value is -2.92. The van der Waals surface area contributed by atoms with Gasteiger partial charge in [0.25, 0.3) is 0 Å². The third-order valence-electron chi connectivity index (χ3n) is 4.54. The molecule has 5 heteroatoms. The van der Waals surface area contributed by atoms with E-state index in [0.29, 0.717) is 12.3 Å². The lowest BCUT2D eigenvalue weighted by Gasteiger charge is -2.25. The van der Waals surface area contributed by atoms with E-state index in [-0.39, 0.29) is 18.4 Å². The zero-order chi connectivity index (χ0) is 19.2. The van der Waals surface area contributed by atoms with E-state index in [1.165, 1.54) is 11.1 Å². The molecular weight excluding hydrogens is 338 g/mol. The van der Waals surface area contributed by atoms with Crippen LogP contribution in [0.3, 0.4) is 0 Å². The standard InChI is InChI=1S/C22H25N3O2/c1-16-9-11-18(12-10-16)21(25(2)3)15-23-22(26)14-19-13-20(24-27-19)17-7-5-4-6-8-17/h4-13,21H,14-15H2,1-3H3,(H,23,26). The van der Waals surface area contributed by atoms with Crippen molar-refractivity contribution in [3.8, 4) is 11.3 Å². The zero-order valence-electron chi connectivity index (χ0n) is 16.0. The average Bonchev–Trinajstić information content (AvgIpc) is 3.12. The smallest absolute Gasteiger partial charge is 0.227 e. The molecular formula is C22H25N3O2. The first kappa shape index (κ1) is 18.9. The third-order valence-corrected chi connectivity index (χ3v) is 4.54. The predicted octanol–water partition coefficient (Wildman–Crippen LogP) is 3.61. The normalized spacial score (nSPS) is 12.1. The molecule has 3 aromatic rings. The van der Waals surface area contributed by atoms with Gasteiger partial charge in [-0.3, -0.25) is 4.79 Å². The van der Waals surface area contributed by atoms with Crippen molar-refractivity contribution >= 4 is 5.91 Å². The molecule has 0 aliphatic rings. The van der Waals surface area contributed by atoms with Crippen LogP contribution in [0.4, 0.5) is 0 Å². The average molecular weight is 363 g/mol. The molecule has 3 rings (SSSR count). The Kier molecular flexibility index (Phi) is 6.04. The van der Waals surface area contributed by atoms with Gasteiger partial charge in [-0.1, -0.05) is 65.3 Å². The molecule has 1 heterocycles. The molecule has 0 aliphatic carbocycles. The van der Waals surface area contributed by atoms with E-state index < -0.39 is 0 Å². The fourth-order valence-electron chi connectivity index (χ4n) is 2.96. The molecule has 1 aromatic heterocycles. The summed E-state index contributed by atoms with van der Waals surface area (Å²) >= 11 is 0. The van der Waals surface area contributed by atoms with Gasteiger partial charge in [-0.05, 0) is 26.6 Å². The molecule has 1 N–H and O–H groups in total. The van der Waals surface area contributed by atoms with Crippen molar-refractivity contribution in [1.29, 1.82) is 0 Å². The van der Waals surface area contributed by atoms with Crippen LogP contribution < -0.4 is 5.32 Å². The number of amides is 1. The molecule has 0 bridgehead atoms. The second-order valence-electron chi connectivity index (χ2n) is 6.92. The number of aryl methyl sites for hydroxylation is 1. The van der Waals surface area contributed by atoms with Gasteiger partial charge in [0.15, 0.2) is 0 Å². The number of likely N-dealkylation sites (N-methyl/N-ethyl adjacent to an activating group) is 1. The Morgan fingerprint density at radius 2 is 1.81 bits per heavy atom. The number of carbonyl (C=O) groups is 1. The number of carbonyl (C=O) groups excluding carboxylic acids is 1. The van der Waals surface area contributed by atoms with Crippen molar-refractivity contribution in [2.24, 2.45) is 0 Å². The number of rotatable bonds is 7. The lowest BCUT2D eigenvalue weighted by atomic mass is 10.0. The van der Waals surface area contributed by atoms with Gasteiger partial charge in [0.05, 0.1) is 12.5 Å². The van der Waals surface area contributed by atoms with Crippen LogP contribution in [0, 0.1) is 6.92 Å². The predicted molar refractivity (Wildman–Crippen MR) is 106 cm³/mol. The van der Waals surface area contributed by atoms with Crippen LogP contribution in [0.2, 0.25) is 0 Å². The molecule has 1 unspecified atom stereocenters. The molecule has 0 radical (unpaired) electrons. The van der Waals surface area contributed by atoms with Gasteiger partial charge < -0.3 is 14.7 Å². The highest BCUT2D eigenvalue weighted by molar-refractivity contribution is 5.78. The Bertz CT molecular complexity index is 870. The summed E-state index contributed by atoms with van der Waals surface area (Å²) in [4.78, 5) is 14.5. The summed E-state index contributed by atoms with van der Waals surface area (Å²) < 4.78 is 5.32. The topological polar surface area (TPSA) is 58.4 Å². The highest BCUT2D eigenvalue weighted by Crippen LogP contribution is 2.20.